The van der Waals surface area contributed by atoms with Gasteiger partial charge in [0.25, 0.3) is 5.91 Å². The summed E-state index contributed by atoms with van der Waals surface area (Å²) < 4.78 is 41.9. The van der Waals surface area contributed by atoms with Crippen LogP contribution >= 0.6 is 22.7 Å². The van der Waals surface area contributed by atoms with Crippen LogP contribution in [0.3, 0.4) is 0 Å². The van der Waals surface area contributed by atoms with Gasteiger partial charge in [0.1, 0.15) is 9.71 Å². The third kappa shape index (κ3) is 5.22. The number of hydrogen-bond acceptors (Lipinski definition) is 6. The molecule has 0 aliphatic rings. The van der Waals surface area contributed by atoms with Crippen LogP contribution in [0.5, 0.6) is 0 Å². The van der Waals surface area contributed by atoms with Crippen molar-refractivity contribution in [3.63, 3.8) is 0 Å². The monoisotopic (exact) mass is 549 g/mol. The molecule has 0 fully saturated rings. The molecule has 190 valence electrons. The molecule has 0 saturated heterocycles. The molecule has 3 heterocycles. The molecule has 0 aliphatic heterocycles. The number of ketones is 1. The molecule has 0 bridgehead atoms. The summed E-state index contributed by atoms with van der Waals surface area (Å²) in [4.78, 5) is 30.7. The average Bonchev–Trinajstić information content (AvgIpc) is 3.55. The van der Waals surface area contributed by atoms with Gasteiger partial charge in [0.2, 0.25) is 0 Å². The number of halogens is 3. The van der Waals surface area contributed by atoms with Gasteiger partial charge in [0.05, 0.1) is 16.9 Å². The van der Waals surface area contributed by atoms with E-state index in [0.29, 0.717) is 16.8 Å². The molecule has 1 amide bonds. The predicted octanol–water partition coefficient (Wildman–Crippen LogP) is 7.77. The zero-order valence-electron chi connectivity index (χ0n) is 19.5. The van der Waals surface area contributed by atoms with Gasteiger partial charge in [-0.05, 0) is 53.9 Å². The molecular weight excluding hydrogens is 531 g/mol. The molecule has 3 aromatic heterocycles. The fraction of sp³-hybridized carbons (Fsp3) is 0.0357. The van der Waals surface area contributed by atoms with Gasteiger partial charge in [0, 0.05) is 27.1 Å². The molecule has 0 spiro atoms. The molecule has 0 radical (unpaired) electrons. The van der Waals surface area contributed by atoms with Crippen molar-refractivity contribution in [2.45, 2.75) is 6.18 Å². The lowest BCUT2D eigenvalue weighted by molar-refractivity contribution is -0.136. The maximum Gasteiger partial charge on any atom is 0.417 e. The van der Waals surface area contributed by atoms with E-state index in [1.54, 1.807) is 60.7 Å². The SMILES string of the molecule is Nc1c(C(=O)Nc2ccc(C(=O)/C=C/c3cccs3)cc2)sc2nc(-c3ccccc3)cc(C(F)(F)F)c12. The number of thiophene rings is 2. The maximum atomic E-state index is 14.0. The van der Waals surface area contributed by atoms with E-state index >= 15 is 0 Å². The molecule has 0 atom stereocenters. The second-order valence-corrected chi connectivity index (χ2v) is 10.2. The van der Waals surface area contributed by atoms with Gasteiger partial charge >= 0.3 is 6.18 Å². The molecular formula is C28H18F3N3O2S2. The highest BCUT2D eigenvalue weighted by Crippen LogP contribution is 2.43. The minimum Gasteiger partial charge on any atom is -0.397 e. The molecule has 2 aromatic carbocycles. The summed E-state index contributed by atoms with van der Waals surface area (Å²) in [6.45, 7) is 0. The van der Waals surface area contributed by atoms with Crippen molar-refractivity contribution in [3.8, 4) is 11.3 Å². The Balaban J connectivity index is 1.42. The Hall–Kier alpha value is -4.28. The zero-order valence-corrected chi connectivity index (χ0v) is 21.1. The molecule has 5 aromatic rings. The number of allylic oxidation sites excluding steroid dienone is 1. The van der Waals surface area contributed by atoms with Crippen LogP contribution in [0.15, 0.2) is 84.3 Å². The Morgan fingerprint density at radius 2 is 1.71 bits per heavy atom. The average molecular weight is 550 g/mol. The number of nitrogens with zero attached hydrogens (tertiary/aromatic N) is 1. The van der Waals surface area contributed by atoms with Gasteiger partial charge in [-0.25, -0.2) is 4.98 Å². The smallest absolute Gasteiger partial charge is 0.397 e. The minimum absolute atomic E-state index is 0.0137. The molecule has 0 unspecified atom stereocenters. The summed E-state index contributed by atoms with van der Waals surface area (Å²) in [7, 11) is 0. The summed E-state index contributed by atoms with van der Waals surface area (Å²) in [5, 5.41) is 4.25. The number of carbonyl (C=O) groups is 2. The summed E-state index contributed by atoms with van der Waals surface area (Å²) in [5.41, 5.74) is 6.26. The fourth-order valence-corrected chi connectivity index (χ4v) is 5.45. The number of nitrogen functional groups attached to an aromatic ring is 1. The number of nitrogens with one attached hydrogen (secondary N) is 1. The highest BCUT2D eigenvalue weighted by Gasteiger charge is 2.36. The zero-order chi connectivity index (χ0) is 26.9. The number of rotatable bonds is 6. The number of nitrogens with two attached hydrogens (primary N) is 1. The molecule has 10 heteroatoms. The van der Waals surface area contributed by atoms with E-state index < -0.39 is 17.6 Å². The van der Waals surface area contributed by atoms with E-state index in [1.807, 2.05) is 17.5 Å². The van der Waals surface area contributed by atoms with E-state index in [4.69, 9.17) is 5.73 Å². The van der Waals surface area contributed by atoms with Gasteiger partial charge in [-0.15, -0.1) is 22.7 Å². The first kappa shape index (κ1) is 25.4. The van der Waals surface area contributed by atoms with Gasteiger partial charge in [-0.2, -0.15) is 13.2 Å². The lowest BCUT2D eigenvalue weighted by Gasteiger charge is -2.11. The Labute approximate surface area is 223 Å². The van der Waals surface area contributed by atoms with E-state index in [-0.39, 0.29) is 32.3 Å². The van der Waals surface area contributed by atoms with Crippen LogP contribution in [0.2, 0.25) is 0 Å². The first-order valence-electron chi connectivity index (χ1n) is 11.2. The molecule has 3 N–H and O–H groups in total. The Kier molecular flexibility index (Phi) is 6.83. The van der Waals surface area contributed by atoms with Crippen LogP contribution in [-0.4, -0.2) is 16.7 Å². The Morgan fingerprint density at radius 1 is 0.974 bits per heavy atom. The second-order valence-electron chi connectivity index (χ2n) is 8.19. The van der Waals surface area contributed by atoms with Crippen molar-refractivity contribution in [3.05, 3.63) is 105 Å². The normalized spacial score (nSPS) is 11.8. The quantitative estimate of drug-likeness (QED) is 0.167. The second kappa shape index (κ2) is 10.2. The van der Waals surface area contributed by atoms with Gasteiger partial charge in [-0.1, -0.05) is 36.4 Å². The van der Waals surface area contributed by atoms with Crippen molar-refractivity contribution in [1.29, 1.82) is 0 Å². The van der Waals surface area contributed by atoms with Gasteiger partial charge in [-0.3, -0.25) is 9.59 Å². The van der Waals surface area contributed by atoms with E-state index in [2.05, 4.69) is 10.3 Å². The Bertz CT molecular complexity index is 1660. The fourth-order valence-electron chi connectivity index (χ4n) is 3.82. The van der Waals surface area contributed by atoms with Crippen LogP contribution in [0.1, 0.15) is 30.5 Å². The van der Waals surface area contributed by atoms with Crippen LogP contribution < -0.4 is 11.1 Å². The lowest BCUT2D eigenvalue weighted by Crippen LogP contribution is -2.12. The standard InChI is InChI=1S/C28H18F3N3O2S2/c29-28(30,31)20-15-21(16-5-2-1-3-6-16)34-27-23(20)24(32)25(38-27)26(36)33-18-10-8-17(9-11-18)22(35)13-12-19-7-4-14-37-19/h1-15H,32H2,(H,33,36)/b13-12+. The van der Waals surface area contributed by atoms with Gasteiger partial charge < -0.3 is 11.1 Å². The Morgan fingerprint density at radius 3 is 2.37 bits per heavy atom. The number of pyridine rings is 1. The highest BCUT2D eigenvalue weighted by molar-refractivity contribution is 7.21. The minimum atomic E-state index is -4.70. The summed E-state index contributed by atoms with van der Waals surface area (Å²) >= 11 is 2.30. The van der Waals surface area contributed by atoms with E-state index in [0.717, 1.165) is 22.3 Å². The van der Waals surface area contributed by atoms with Crippen LogP contribution in [-0.2, 0) is 6.18 Å². The van der Waals surface area contributed by atoms with Crippen molar-refractivity contribution >= 4 is 62.0 Å². The number of carbonyl (C=O) groups excluding carboxylic acids is 2. The summed E-state index contributed by atoms with van der Waals surface area (Å²) in [6, 6.07) is 19.4. The number of amides is 1. The van der Waals surface area contributed by atoms with Crippen molar-refractivity contribution in [2.75, 3.05) is 11.1 Å². The van der Waals surface area contributed by atoms with Crippen molar-refractivity contribution in [1.82, 2.24) is 4.98 Å². The number of fused-ring (bicyclic) bond motifs is 1. The van der Waals surface area contributed by atoms with Crippen LogP contribution in [0.25, 0.3) is 27.6 Å². The van der Waals surface area contributed by atoms with Crippen LogP contribution in [0.4, 0.5) is 24.5 Å². The largest absolute Gasteiger partial charge is 0.417 e. The molecule has 5 rings (SSSR count). The highest BCUT2D eigenvalue weighted by atomic mass is 32.1. The van der Waals surface area contributed by atoms with Crippen molar-refractivity contribution < 1.29 is 22.8 Å². The number of alkyl halides is 3. The third-order valence-electron chi connectivity index (χ3n) is 5.65. The molecule has 0 aliphatic carbocycles. The first-order valence-corrected chi connectivity index (χ1v) is 12.9. The number of aromatic nitrogens is 1. The number of anilines is 2. The van der Waals surface area contributed by atoms with E-state index in [9.17, 15) is 22.8 Å². The number of benzene rings is 2. The topological polar surface area (TPSA) is 85.1 Å². The van der Waals surface area contributed by atoms with Crippen LogP contribution in [0, 0.1) is 0 Å². The van der Waals surface area contributed by atoms with Crippen molar-refractivity contribution in [2.24, 2.45) is 0 Å². The number of hydrogen-bond donors (Lipinski definition) is 2. The summed E-state index contributed by atoms with van der Waals surface area (Å²) in [5.74, 6) is -0.874. The molecule has 5 nitrogen and oxygen atoms in total. The third-order valence-corrected chi connectivity index (χ3v) is 7.59. The maximum absolute atomic E-state index is 14.0. The lowest BCUT2D eigenvalue weighted by atomic mass is 10.1. The predicted molar refractivity (Wildman–Crippen MR) is 147 cm³/mol. The summed E-state index contributed by atoms with van der Waals surface area (Å²) in [6.07, 6.45) is -1.51. The first-order chi connectivity index (χ1) is 18.2. The molecule has 0 saturated carbocycles. The van der Waals surface area contributed by atoms with Gasteiger partial charge in [0.15, 0.2) is 5.78 Å². The molecule has 38 heavy (non-hydrogen) atoms. The van der Waals surface area contributed by atoms with E-state index in [1.165, 1.54) is 17.4 Å².